The van der Waals surface area contributed by atoms with Crippen LogP contribution in [0, 0.1) is 0 Å². The maximum absolute atomic E-state index is 12.6. The van der Waals surface area contributed by atoms with E-state index in [9.17, 15) is 9.59 Å². The first-order valence-corrected chi connectivity index (χ1v) is 7.14. The summed E-state index contributed by atoms with van der Waals surface area (Å²) >= 11 is 0. The molecule has 0 N–H and O–H groups in total. The van der Waals surface area contributed by atoms with Crippen LogP contribution in [-0.2, 0) is 16.1 Å². The second-order valence-electron chi connectivity index (χ2n) is 5.44. The van der Waals surface area contributed by atoms with E-state index in [2.05, 4.69) is 14.8 Å². The fraction of sp³-hybridized carbons (Fsp3) is 0.333. The average Bonchev–Trinajstić information content (AvgIpc) is 3.33. The second kappa shape index (κ2) is 4.66. The Kier molecular flexibility index (Phi) is 2.75. The molecule has 0 unspecified atom stereocenters. The number of para-hydroxylation sites is 1. The molecule has 0 saturated heterocycles. The van der Waals surface area contributed by atoms with Gasteiger partial charge in [-0.3, -0.25) is 4.79 Å². The Labute approximate surface area is 125 Å². The smallest absolute Gasteiger partial charge is 0.352 e. The van der Waals surface area contributed by atoms with Gasteiger partial charge in [0.1, 0.15) is 12.4 Å². The van der Waals surface area contributed by atoms with Gasteiger partial charge in [-0.2, -0.15) is 0 Å². The van der Waals surface area contributed by atoms with E-state index in [0.29, 0.717) is 11.6 Å². The van der Waals surface area contributed by atoms with Crippen molar-refractivity contribution in [1.82, 2.24) is 19.2 Å². The molecular weight excluding hydrogens is 284 g/mol. The van der Waals surface area contributed by atoms with Crippen molar-refractivity contribution in [3.63, 3.8) is 0 Å². The molecule has 4 rings (SSSR count). The molecule has 1 aliphatic rings. The molecule has 0 aliphatic heterocycles. The normalized spacial score (nSPS) is 14.6. The fourth-order valence-corrected chi connectivity index (χ4v) is 2.63. The van der Waals surface area contributed by atoms with Gasteiger partial charge in [-0.05, 0) is 25.0 Å². The Morgan fingerprint density at radius 1 is 1.36 bits per heavy atom. The SMILES string of the molecule is COC(=O)Cn1nc2c3ccccc3nc(C3CC3)n2c1=O. The first-order valence-electron chi connectivity index (χ1n) is 7.14. The van der Waals surface area contributed by atoms with Crippen molar-refractivity contribution in [2.45, 2.75) is 25.3 Å². The van der Waals surface area contributed by atoms with Crippen LogP contribution in [0.4, 0.5) is 0 Å². The van der Waals surface area contributed by atoms with Crippen LogP contribution in [0.2, 0.25) is 0 Å². The highest BCUT2D eigenvalue weighted by Gasteiger charge is 2.30. The molecule has 1 fully saturated rings. The molecule has 3 aromatic rings. The van der Waals surface area contributed by atoms with Gasteiger partial charge in [0.25, 0.3) is 0 Å². The van der Waals surface area contributed by atoms with Gasteiger partial charge in [-0.1, -0.05) is 12.1 Å². The summed E-state index contributed by atoms with van der Waals surface area (Å²) in [5.41, 5.74) is 1.01. The minimum Gasteiger partial charge on any atom is -0.468 e. The number of hydrogen-bond donors (Lipinski definition) is 0. The van der Waals surface area contributed by atoms with Gasteiger partial charge in [-0.15, -0.1) is 5.10 Å². The lowest BCUT2D eigenvalue weighted by atomic mass is 10.2. The molecule has 2 heterocycles. The first-order chi connectivity index (χ1) is 10.7. The molecule has 2 aromatic heterocycles. The van der Waals surface area contributed by atoms with E-state index in [1.165, 1.54) is 11.5 Å². The maximum atomic E-state index is 12.6. The third kappa shape index (κ3) is 1.89. The molecule has 7 nitrogen and oxygen atoms in total. The number of carbonyl (C=O) groups excluding carboxylic acids is 1. The number of benzene rings is 1. The highest BCUT2D eigenvalue weighted by atomic mass is 16.5. The summed E-state index contributed by atoms with van der Waals surface area (Å²) < 4.78 is 7.29. The van der Waals surface area contributed by atoms with Crippen LogP contribution in [0.1, 0.15) is 24.6 Å². The topological polar surface area (TPSA) is 78.5 Å². The highest BCUT2D eigenvalue weighted by Crippen LogP contribution is 2.39. The number of esters is 1. The van der Waals surface area contributed by atoms with Crippen LogP contribution in [0.15, 0.2) is 29.1 Å². The molecule has 0 atom stereocenters. The Hall–Kier alpha value is -2.70. The van der Waals surface area contributed by atoms with Crippen molar-refractivity contribution in [2.75, 3.05) is 7.11 Å². The molecule has 1 aromatic carbocycles. The van der Waals surface area contributed by atoms with Gasteiger partial charge >= 0.3 is 11.7 Å². The summed E-state index contributed by atoms with van der Waals surface area (Å²) in [5.74, 6) is 0.520. The standard InChI is InChI=1S/C15H14N4O3/c1-22-12(20)8-18-15(21)19-13(9-6-7-9)16-11-5-3-2-4-10(11)14(19)17-18/h2-5,9H,6-8H2,1H3. The fourth-order valence-electron chi connectivity index (χ4n) is 2.63. The minimum atomic E-state index is -0.504. The predicted octanol–water partition coefficient (Wildman–Crippen LogP) is 1.09. The molecule has 1 saturated carbocycles. The monoisotopic (exact) mass is 298 g/mol. The summed E-state index contributed by atoms with van der Waals surface area (Å²) in [6.45, 7) is -0.199. The number of fused-ring (bicyclic) bond motifs is 3. The number of rotatable bonds is 3. The van der Waals surface area contributed by atoms with E-state index in [1.807, 2.05) is 24.3 Å². The van der Waals surface area contributed by atoms with Crippen molar-refractivity contribution < 1.29 is 9.53 Å². The molecule has 7 heteroatoms. The van der Waals surface area contributed by atoms with E-state index in [0.717, 1.165) is 34.3 Å². The molecule has 0 amide bonds. The van der Waals surface area contributed by atoms with Gasteiger partial charge in [0.15, 0.2) is 5.65 Å². The number of carbonyl (C=O) groups is 1. The first kappa shape index (κ1) is 13.0. The Bertz CT molecular complexity index is 952. The van der Waals surface area contributed by atoms with Crippen LogP contribution >= 0.6 is 0 Å². The van der Waals surface area contributed by atoms with Crippen LogP contribution in [0.3, 0.4) is 0 Å². The van der Waals surface area contributed by atoms with Crippen molar-refractivity contribution in [3.8, 4) is 0 Å². The van der Waals surface area contributed by atoms with Crippen molar-refractivity contribution in [3.05, 3.63) is 40.6 Å². The quantitative estimate of drug-likeness (QED) is 0.676. The Morgan fingerprint density at radius 3 is 2.86 bits per heavy atom. The third-order valence-electron chi connectivity index (χ3n) is 3.90. The van der Waals surface area contributed by atoms with Crippen molar-refractivity contribution in [2.24, 2.45) is 0 Å². The van der Waals surface area contributed by atoms with Crippen LogP contribution in [-0.4, -0.2) is 32.2 Å². The van der Waals surface area contributed by atoms with E-state index >= 15 is 0 Å². The second-order valence-corrected chi connectivity index (χ2v) is 5.44. The highest BCUT2D eigenvalue weighted by molar-refractivity contribution is 5.91. The Balaban J connectivity index is 2.04. The van der Waals surface area contributed by atoms with Crippen molar-refractivity contribution >= 4 is 22.5 Å². The number of hydrogen-bond acceptors (Lipinski definition) is 5. The summed E-state index contributed by atoms with van der Waals surface area (Å²) in [5, 5.41) is 5.12. The minimum absolute atomic E-state index is 0.199. The van der Waals surface area contributed by atoms with E-state index in [-0.39, 0.29) is 12.2 Å². The molecule has 0 bridgehead atoms. The molecule has 0 radical (unpaired) electrons. The van der Waals surface area contributed by atoms with Crippen molar-refractivity contribution in [1.29, 1.82) is 0 Å². The zero-order chi connectivity index (χ0) is 15.3. The van der Waals surface area contributed by atoms with Gasteiger partial charge < -0.3 is 4.74 Å². The lowest BCUT2D eigenvalue weighted by Gasteiger charge is -2.04. The number of methoxy groups -OCH3 is 1. The molecule has 22 heavy (non-hydrogen) atoms. The van der Waals surface area contributed by atoms with Gasteiger partial charge in [0.05, 0.1) is 12.6 Å². The van der Waals surface area contributed by atoms with E-state index < -0.39 is 5.97 Å². The third-order valence-corrected chi connectivity index (χ3v) is 3.90. The van der Waals surface area contributed by atoms with Crippen LogP contribution in [0.5, 0.6) is 0 Å². The van der Waals surface area contributed by atoms with Gasteiger partial charge in [-0.25, -0.2) is 18.9 Å². The number of nitrogens with zero attached hydrogens (tertiary/aromatic N) is 4. The predicted molar refractivity (Wildman–Crippen MR) is 78.7 cm³/mol. The number of ether oxygens (including phenoxy) is 1. The number of aromatic nitrogens is 4. The van der Waals surface area contributed by atoms with Crippen LogP contribution in [0.25, 0.3) is 16.6 Å². The lowest BCUT2D eigenvalue weighted by Crippen LogP contribution is -2.26. The molecule has 0 spiro atoms. The molecule has 1 aliphatic carbocycles. The zero-order valence-corrected chi connectivity index (χ0v) is 12.0. The molecule has 112 valence electrons. The van der Waals surface area contributed by atoms with Gasteiger partial charge in [0, 0.05) is 11.3 Å². The summed E-state index contributed by atoms with van der Waals surface area (Å²) in [6.07, 6.45) is 2.05. The average molecular weight is 298 g/mol. The van der Waals surface area contributed by atoms with Crippen LogP contribution < -0.4 is 5.69 Å². The lowest BCUT2D eigenvalue weighted by molar-refractivity contribution is -0.141. The summed E-state index contributed by atoms with van der Waals surface area (Å²) in [4.78, 5) is 28.7. The zero-order valence-electron chi connectivity index (χ0n) is 12.0. The molecular formula is C15H14N4O3. The van der Waals surface area contributed by atoms with Gasteiger partial charge in [0.2, 0.25) is 0 Å². The van der Waals surface area contributed by atoms with E-state index in [4.69, 9.17) is 0 Å². The maximum Gasteiger partial charge on any atom is 0.352 e. The van der Waals surface area contributed by atoms with E-state index in [1.54, 1.807) is 0 Å². The Morgan fingerprint density at radius 2 is 2.14 bits per heavy atom. The summed E-state index contributed by atoms with van der Waals surface area (Å²) in [7, 11) is 1.29. The largest absolute Gasteiger partial charge is 0.468 e. The summed E-state index contributed by atoms with van der Waals surface area (Å²) in [6, 6.07) is 7.57.